The number of carbonyl (C=O) groups excluding carboxylic acids is 1. The quantitative estimate of drug-likeness (QED) is 0.815. The first-order valence-corrected chi connectivity index (χ1v) is 7.46. The van der Waals surface area contributed by atoms with Gasteiger partial charge in [-0.05, 0) is 30.5 Å². The van der Waals surface area contributed by atoms with Gasteiger partial charge in [-0.15, -0.1) is 0 Å². The molecule has 3 rings (SSSR count). The number of benzene rings is 2. The molecule has 0 bridgehead atoms. The van der Waals surface area contributed by atoms with Crippen molar-refractivity contribution in [2.45, 2.75) is 18.4 Å². The predicted molar refractivity (Wildman–Crippen MR) is 83.0 cm³/mol. The first-order valence-electron chi connectivity index (χ1n) is 7.05. The second-order valence-electron chi connectivity index (χ2n) is 5.21. The van der Waals surface area contributed by atoms with E-state index in [0.29, 0.717) is 0 Å². The van der Waals surface area contributed by atoms with Crippen molar-refractivity contribution in [2.75, 3.05) is 11.4 Å². The lowest BCUT2D eigenvalue weighted by atomic mass is 9.87. The van der Waals surface area contributed by atoms with E-state index in [1.54, 1.807) is 0 Å². The van der Waals surface area contributed by atoms with Crippen molar-refractivity contribution in [3.8, 4) is 0 Å². The summed E-state index contributed by atoms with van der Waals surface area (Å²) >= 11 is 0. The molecule has 0 aromatic heterocycles. The van der Waals surface area contributed by atoms with Crippen molar-refractivity contribution in [3.05, 3.63) is 66.2 Å². The third-order valence-electron chi connectivity index (χ3n) is 4.13. The Bertz CT molecular complexity index is 617. The van der Waals surface area contributed by atoms with Gasteiger partial charge in [-0.1, -0.05) is 48.5 Å². The van der Waals surface area contributed by atoms with E-state index >= 15 is 0 Å². The molecule has 2 aromatic rings. The van der Waals surface area contributed by atoms with E-state index in [9.17, 15) is 4.79 Å². The molecule has 0 amide bonds. The summed E-state index contributed by atoms with van der Waals surface area (Å²) in [5.74, 6) is -0.272. The van der Waals surface area contributed by atoms with E-state index in [0.717, 1.165) is 30.6 Å². The number of rotatable bonds is 3. The highest BCUT2D eigenvalue weighted by Gasteiger charge is 2.49. The van der Waals surface area contributed by atoms with E-state index in [-0.39, 0.29) is 5.97 Å². The Kier molecular flexibility index (Phi) is 3.79. The van der Waals surface area contributed by atoms with Crippen LogP contribution in [-0.2, 0) is 14.8 Å². The number of hydrogen-bond donors (Lipinski definition) is 0. The highest BCUT2D eigenvalue weighted by molar-refractivity contribution is 6.08. The van der Waals surface area contributed by atoms with Gasteiger partial charge in [0.05, 0.1) is 0 Å². The largest absolute Gasteiger partial charge is 0.514 e. The van der Waals surface area contributed by atoms with Gasteiger partial charge in [-0.3, -0.25) is 4.79 Å². The van der Waals surface area contributed by atoms with Crippen molar-refractivity contribution in [1.29, 1.82) is 0 Å². The maximum absolute atomic E-state index is 12.6. The van der Waals surface area contributed by atoms with Crippen molar-refractivity contribution < 1.29 is 9.22 Å². The van der Waals surface area contributed by atoms with Gasteiger partial charge in [0, 0.05) is 12.2 Å². The molecule has 1 heterocycles. The summed E-state index contributed by atoms with van der Waals surface area (Å²) in [6, 6.07) is 19.9. The van der Waals surface area contributed by atoms with Crippen LogP contribution in [0, 0.1) is 0 Å². The molecule has 3 nitrogen and oxygen atoms in total. The molecular formula is C17H16NO2Si. The molecule has 1 aliphatic rings. The van der Waals surface area contributed by atoms with Crippen LogP contribution in [0.1, 0.15) is 18.4 Å². The SMILES string of the molecule is O=C(O[Si])[C@]1(c2ccccc2)CCCN1c1ccccc1. The fourth-order valence-corrected chi connectivity index (χ4v) is 3.37. The van der Waals surface area contributed by atoms with Gasteiger partial charge >= 0.3 is 16.5 Å². The standard InChI is InChI=1S/C17H16NO2Si/c19-16(20-21)17(14-8-3-1-4-9-14)12-7-13-18(17)15-10-5-2-6-11-15/h1-6,8-11H,7,12-13H2/t17-/m1/s1. The third kappa shape index (κ3) is 2.25. The zero-order valence-corrected chi connectivity index (χ0v) is 12.7. The number of hydrogen-bond acceptors (Lipinski definition) is 3. The highest BCUT2D eigenvalue weighted by atomic mass is 28.2. The molecule has 0 saturated carbocycles. The van der Waals surface area contributed by atoms with Crippen molar-refractivity contribution >= 4 is 22.1 Å². The van der Waals surface area contributed by atoms with Crippen LogP contribution in [0.3, 0.4) is 0 Å². The lowest BCUT2D eigenvalue weighted by molar-refractivity contribution is -0.140. The second kappa shape index (κ2) is 5.74. The van der Waals surface area contributed by atoms with Crippen molar-refractivity contribution in [2.24, 2.45) is 0 Å². The van der Waals surface area contributed by atoms with E-state index in [2.05, 4.69) is 15.4 Å². The first kappa shape index (κ1) is 13.9. The molecule has 1 saturated heterocycles. The Morgan fingerprint density at radius 2 is 1.67 bits per heavy atom. The average molecular weight is 294 g/mol. The van der Waals surface area contributed by atoms with Crippen LogP contribution in [0.5, 0.6) is 0 Å². The minimum Gasteiger partial charge on any atom is -0.514 e. The highest BCUT2D eigenvalue weighted by Crippen LogP contribution is 2.42. The first-order chi connectivity index (χ1) is 10.3. The van der Waals surface area contributed by atoms with Crippen LogP contribution < -0.4 is 4.90 Å². The van der Waals surface area contributed by atoms with Crippen molar-refractivity contribution in [3.63, 3.8) is 0 Å². The molecule has 1 aliphatic heterocycles. The summed E-state index contributed by atoms with van der Waals surface area (Å²) in [5, 5.41) is 0. The van der Waals surface area contributed by atoms with Crippen molar-refractivity contribution in [1.82, 2.24) is 0 Å². The fourth-order valence-electron chi connectivity index (χ4n) is 3.20. The van der Waals surface area contributed by atoms with Gasteiger partial charge in [0.2, 0.25) is 0 Å². The maximum atomic E-state index is 12.6. The molecule has 4 heteroatoms. The van der Waals surface area contributed by atoms with Crippen LogP contribution in [0.15, 0.2) is 60.7 Å². The molecule has 1 atom stereocenters. The van der Waals surface area contributed by atoms with Crippen LogP contribution in [0.2, 0.25) is 0 Å². The lowest BCUT2D eigenvalue weighted by Gasteiger charge is -2.38. The number of para-hydroxylation sites is 1. The van der Waals surface area contributed by atoms with E-state index in [1.165, 1.54) is 0 Å². The van der Waals surface area contributed by atoms with Gasteiger partial charge in [-0.25, -0.2) is 0 Å². The van der Waals surface area contributed by atoms with Gasteiger partial charge in [0.25, 0.3) is 0 Å². The van der Waals surface area contributed by atoms with Crippen LogP contribution >= 0.6 is 0 Å². The Hall–Kier alpha value is -2.07. The molecule has 0 spiro atoms. The molecule has 1 fully saturated rings. The predicted octanol–water partition coefficient (Wildman–Crippen LogP) is 2.81. The summed E-state index contributed by atoms with van der Waals surface area (Å²) in [6.07, 6.45) is 1.69. The van der Waals surface area contributed by atoms with Gasteiger partial charge in [-0.2, -0.15) is 0 Å². The normalized spacial score (nSPS) is 21.3. The van der Waals surface area contributed by atoms with Crippen LogP contribution in [-0.4, -0.2) is 23.0 Å². The smallest absolute Gasteiger partial charge is 0.345 e. The second-order valence-corrected chi connectivity index (χ2v) is 5.41. The van der Waals surface area contributed by atoms with Gasteiger partial charge in [0.1, 0.15) is 0 Å². The Morgan fingerprint density at radius 3 is 2.29 bits per heavy atom. The fraction of sp³-hybridized carbons (Fsp3) is 0.235. The molecule has 105 valence electrons. The molecular weight excluding hydrogens is 278 g/mol. The third-order valence-corrected chi connectivity index (χ3v) is 4.32. The minimum atomic E-state index is -0.760. The van der Waals surface area contributed by atoms with Crippen LogP contribution in [0.25, 0.3) is 0 Å². The van der Waals surface area contributed by atoms with Gasteiger partial charge < -0.3 is 9.33 Å². The number of nitrogens with zero attached hydrogens (tertiary/aromatic N) is 1. The lowest BCUT2D eigenvalue weighted by Crippen LogP contribution is -2.49. The molecule has 21 heavy (non-hydrogen) atoms. The molecule has 3 radical (unpaired) electrons. The Balaban J connectivity index is 2.13. The van der Waals surface area contributed by atoms with E-state index in [4.69, 9.17) is 4.43 Å². The Labute approximate surface area is 128 Å². The Morgan fingerprint density at radius 1 is 1.05 bits per heavy atom. The maximum Gasteiger partial charge on any atom is 0.345 e. The topological polar surface area (TPSA) is 29.5 Å². The average Bonchev–Trinajstić information content (AvgIpc) is 3.01. The zero-order valence-electron chi connectivity index (χ0n) is 11.7. The molecule has 2 aromatic carbocycles. The zero-order chi connectivity index (χ0) is 14.7. The minimum absolute atomic E-state index is 0.272. The van der Waals surface area contributed by atoms with Crippen LogP contribution in [0.4, 0.5) is 5.69 Å². The summed E-state index contributed by atoms with van der Waals surface area (Å²) in [6.45, 7) is 0.834. The summed E-state index contributed by atoms with van der Waals surface area (Å²) in [5.41, 5.74) is 1.25. The summed E-state index contributed by atoms with van der Waals surface area (Å²) < 4.78 is 4.97. The molecule has 0 N–H and O–H groups in total. The van der Waals surface area contributed by atoms with E-state index < -0.39 is 5.54 Å². The van der Waals surface area contributed by atoms with E-state index in [1.807, 2.05) is 60.7 Å². The molecule has 0 aliphatic carbocycles. The number of anilines is 1. The monoisotopic (exact) mass is 294 g/mol. The summed E-state index contributed by atoms with van der Waals surface area (Å²) in [7, 11) is 2.93. The molecule has 0 unspecified atom stereocenters. The number of carbonyl (C=O) groups is 1. The van der Waals surface area contributed by atoms with Gasteiger partial charge in [0.15, 0.2) is 5.54 Å². The summed E-state index contributed by atoms with van der Waals surface area (Å²) in [4.78, 5) is 14.8.